The van der Waals surface area contributed by atoms with Crippen LogP contribution < -0.4 is 14.8 Å². The summed E-state index contributed by atoms with van der Waals surface area (Å²) in [4.78, 5) is 24.8. The summed E-state index contributed by atoms with van der Waals surface area (Å²) in [5, 5.41) is 2.64. The van der Waals surface area contributed by atoms with Gasteiger partial charge in [-0.1, -0.05) is 19.9 Å². The zero-order valence-corrected chi connectivity index (χ0v) is 19.2. The van der Waals surface area contributed by atoms with Crippen LogP contribution in [0.3, 0.4) is 0 Å². The molecule has 10 heteroatoms. The fraction of sp³-hybridized carbons (Fsp3) is 0.217. The summed E-state index contributed by atoms with van der Waals surface area (Å²) in [7, 11) is -2.51. The second-order valence-electron chi connectivity index (χ2n) is 6.80. The van der Waals surface area contributed by atoms with Crippen molar-refractivity contribution in [2.45, 2.75) is 18.7 Å². The Bertz CT molecular complexity index is 1230. The smallest absolute Gasteiger partial charge is 0.343 e. The molecular formula is C23H24N2O7S. The number of hydrogen-bond donors (Lipinski definition) is 1. The highest BCUT2D eigenvalue weighted by Crippen LogP contribution is 2.28. The average molecular weight is 473 g/mol. The van der Waals surface area contributed by atoms with E-state index in [4.69, 9.17) is 13.9 Å². The summed E-state index contributed by atoms with van der Waals surface area (Å²) < 4.78 is 42.9. The summed E-state index contributed by atoms with van der Waals surface area (Å²) in [6.07, 6.45) is 1.39. The molecule has 0 spiro atoms. The molecule has 3 rings (SSSR count). The number of nitrogens with zero attached hydrogens (tertiary/aromatic N) is 1. The number of esters is 1. The van der Waals surface area contributed by atoms with Crippen molar-refractivity contribution in [1.82, 2.24) is 4.31 Å². The molecule has 174 valence electrons. The molecule has 0 aliphatic rings. The second-order valence-corrected chi connectivity index (χ2v) is 8.71. The van der Waals surface area contributed by atoms with Gasteiger partial charge in [-0.25, -0.2) is 13.2 Å². The van der Waals surface area contributed by atoms with Crippen LogP contribution in [0, 0.1) is 0 Å². The monoisotopic (exact) mass is 472 g/mol. The number of methoxy groups -OCH3 is 1. The average Bonchev–Trinajstić information content (AvgIpc) is 3.35. The number of rotatable bonds is 9. The molecule has 1 heterocycles. The van der Waals surface area contributed by atoms with Gasteiger partial charge in [-0.15, -0.1) is 0 Å². The van der Waals surface area contributed by atoms with Crippen molar-refractivity contribution in [3.63, 3.8) is 0 Å². The number of anilines is 1. The van der Waals surface area contributed by atoms with Crippen LogP contribution in [0.4, 0.5) is 5.69 Å². The first-order valence-corrected chi connectivity index (χ1v) is 11.6. The molecule has 3 aromatic rings. The Labute approximate surface area is 192 Å². The number of sulfonamides is 1. The predicted octanol–water partition coefficient (Wildman–Crippen LogP) is 3.79. The lowest BCUT2D eigenvalue weighted by atomic mass is 10.2. The molecule has 2 aromatic carbocycles. The first-order valence-electron chi connectivity index (χ1n) is 10.2. The molecule has 1 amide bonds. The number of ether oxygens (including phenoxy) is 2. The lowest BCUT2D eigenvalue weighted by Gasteiger charge is -2.20. The molecule has 1 aromatic heterocycles. The molecule has 33 heavy (non-hydrogen) atoms. The van der Waals surface area contributed by atoms with Crippen molar-refractivity contribution in [3.8, 4) is 11.5 Å². The first kappa shape index (κ1) is 24.0. The zero-order chi connectivity index (χ0) is 24.0. The minimum atomic E-state index is -3.87. The number of carbonyl (C=O) groups excluding carboxylic acids is 2. The van der Waals surface area contributed by atoms with E-state index < -0.39 is 21.9 Å². The maximum Gasteiger partial charge on any atom is 0.343 e. The highest BCUT2D eigenvalue weighted by atomic mass is 32.2. The highest BCUT2D eigenvalue weighted by molar-refractivity contribution is 7.89. The van der Waals surface area contributed by atoms with Crippen LogP contribution in [-0.2, 0) is 10.0 Å². The van der Waals surface area contributed by atoms with Crippen molar-refractivity contribution in [3.05, 3.63) is 72.2 Å². The van der Waals surface area contributed by atoms with Crippen LogP contribution in [-0.4, -0.2) is 44.8 Å². The zero-order valence-electron chi connectivity index (χ0n) is 18.4. The van der Waals surface area contributed by atoms with Gasteiger partial charge in [0, 0.05) is 24.8 Å². The number of nitrogens with one attached hydrogen (secondary N) is 1. The van der Waals surface area contributed by atoms with E-state index in [-0.39, 0.29) is 40.8 Å². The number of carbonyl (C=O) groups is 2. The van der Waals surface area contributed by atoms with E-state index in [0.717, 1.165) is 0 Å². The molecule has 0 aliphatic carbocycles. The van der Waals surface area contributed by atoms with Crippen LogP contribution in [0.5, 0.6) is 11.5 Å². The Kier molecular flexibility index (Phi) is 7.52. The predicted molar refractivity (Wildman–Crippen MR) is 121 cm³/mol. The van der Waals surface area contributed by atoms with E-state index >= 15 is 0 Å². The molecule has 0 saturated carbocycles. The fourth-order valence-electron chi connectivity index (χ4n) is 3.11. The fourth-order valence-corrected chi connectivity index (χ4v) is 4.75. The van der Waals surface area contributed by atoms with E-state index in [9.17, 15) is 18.0 Å². The molecule has 0 unspecified atom stereocenters. The van der Waals surface area contributed by atoms with E-state index in [1.165, 1.54) is 54.1 Å². The van der Waals surface area contributed by atoms with Gasteiger partial charge >= 0.3 is 5.97 Å². The standard InChI is InChI=1S/C23H24N2O7S/c1-4-25(5-2)33(28,29)21-14-16(11-12-19(21)30-3)23(27)32-18-9-6-8-17(15-18)24-22(26)20-10-7-13-31-20/h6-15H,4-5H2,1-3H3,(H,24,26). The summed E-state index contributed by atoms with van der Waals surface area (Å²) in [6.45, 7) is 3.99. The normalized spacial score (nSPS) is 11.3. The Balaban J connectivity index is 1.83. The Morgan fingerprint density at radius 2 is 1.79 bits per heavy atom. The van der Waals surface area contributed by atoms with Crippen molar-refractivity contribution in [2.24, 2.45) is 0 Å². The van der Waals surface area contributed by atoms with Crippen LogP contribution in [0.1, 0.15) is 34.8 Å². The summed E-state index contributed by atoms with van der Waals surface area (Å²) in [6, 6.07) is 13.4. The summed E-state index contributed by atoms with van der Waals surface area (Å²) >= 11 is 0. The molecule has 0 atom stereocenters. The lowest BCUT2D eigenvalue weighted by Crippen LogP contribution is -2.31. The maximum absolute atomic E-state index is 13.0. The number of amides is 1. The third-order valence-electron chi connectivity index (χ3n) is 4.77. The minimum absolute atomic E-state index is 0.0338. The van der Waals surface area contributed by atoms with Gasteiger partial charge in [0.2, 0.25) is 10.0 Å². The van der Waals surface area contributed by atoms with Gasteiger partial charge in [-0.3, -0.25) is 4.79 Å². The SMILES string of the molecule is CCN(CC)S(=O)(=O)c1cc(C(=O)Oc2cccc(NC(=O)c3ccco3)c2)ccc1OC. The number of furan rings is 1. The van der Waals surface area contributed by atoms with E-state index in [1.807, 2.05) is 0 Å². The summed E-state index contributed by atoms with van der Waals surface area (Å²) in [5.74, 6) is -0.784. The summed E-state index contributed by atoms with van der Waals surface area (Å²) in [5.41, 5.74) is 0.424. The van der Waals surface area contributed by atoms with Gasteiger partial charge in [0.05, 0.1) is 18.9 Å². The number of benzene rings is 2. The third-order valence-corrected chi connectivity index (χ3v) is 6.84. The van der Waals surface area contributed by atoms with Crippen LogP contribution in [0.2, 0.25) is 0 Å². The number of hydrogen-bond acceptors (Lipinski definition) is 7. The van der Waals surface area contributed by atoms with Crippen molar-refractivity contribution >= 4 is 27.6 Å². The van der Waals surface area contributed by atoms with Crippen LogP contribution in [0.25, 0.3) is 0 Å². The Morgan fingerprint density at radius 1 is 1.03 bits per heavy atom. The Hall–Kier alpha value is -3.63. The second kappa shape index (κ2) is 10.3. The third kappa shape index (κ3) is 5.41. The van der Waals surface area contributed by atoms with Crippen LogP contribution >= 0.6 is 0 Å². The van der Waals surface area contributed by atoms with E-state index in [0.29, 0.717) is 5.69 Å². The van der Waals surface area contributed by atoms with Gasteiger partial charge in [0.25, 0.3) is 5.91 Å². The molecule has 0 aliphatic heterocycles. The first-order chi connectivity index (χ1) is 15.8. The molecule has 1 N–H and O–H groups in total. The molecule has 0 bridgehead atoms. The lowest BCUT2D eigenvalue weighted by molar-refractivity contribution is 0.0734. The Morgan fingerprint density at radius 3 is 2.42 bits per heavy atom. The molecular weight excluding hydrogens is 448 g/mol. The van der Waals surface area contributed by atoms with Crippen molar-refractivity contribution in [2.75, 3.05) is 25.5 Å². The molecule has 9 nitrogen and oxygen atoms in total. The van der Waals surface area contributed by atoms with Gasteiger partial charge in [0.15, 0.2) is 5.76 Å². The molecule has 0 radical (unpaired) electrons. The van der Waals surface area contributed by atoms with E-state index in [2.05, 4.69) is 5.32 Å². The largest absolute Gasteiger partial charge is 0.495 e. The van der Waals surface area contributed by atoms with Gasteiger partial charge < -0.3 is 19.2 Å². The van der Waals surface area contributed by atoms with Gasteiger partial charge in [0.1, 0.15) is 16.4 Å². The minimum Gasteiger partial charge on any atom is -0.495 e. The topological polar surface area (TPSA) is 115 Å². The van der Waals surface area contributed by atoms with E-state index in [1.54, 1.807) is 32.0 Å². The molecule has 0 fully saturated rings. The van der Waals surface area contributed by atoms with Crippen molar-refractivity contribution < 1.29 is 31.9 Å². The van der Waals surface area contributed by atoms with Gasteiger partial charge in [-0.05, 0) is 42.5 Å². The van der Waals surface area contributed by atoms with Crippen LogP contribution in [0.15, 0.2) is 70.2 Å². The maximum atomic E-state index is 13.0. The molecule has 0 saturated heterocycles. The van der Waals surface area contributed by atoms with Crippen molar-refractivity contribution in [1.29, 1.82) is 0 Å². The van der Waals surface area contributed by atoms with Gasteiger partial charge in [-0.2, -0.15) is 4.31 Å². The highest BCUT2D eigenvalue weighted by Gasteiger charge is 2.27. The quantitative estimate of drug-likeness (QED) is 0.372.